The quantitative estimate of drug-likeness (QED) is 0.309. The van der Waals surface area contributed by atoms with Gasteiger partial charge in [-0.3, -0.25) is 19.3 Å². The molecule has 0 aromatic heterocycles. The molecule has 0 bridgehead atoms. The second-order valence-corrected chi connectivity index (χ2v) is 8.11. The van der Waals surface area contributed by atoms with Gasteiger partial charge >= 0.3 is 0 Å². The Morgan fingerprint density at radius 3 is 2.15 bits per heavy atom. The Bertz CT molecular complexity index is 1280. The minimum absolute atomic E-state index is 0.0385. The van der Waals surface area contributed by atoms with Crippen molar-refractivity contribution in [2.24, 2.45) is 0 Å². The number of carbonyl (C=O) groups excluding carboxylic acids is 3. The zero-order valence-electron chi connectivity index (χ0n) is 18.4. The molecule has 0 saturated carbocycles. The number of rotatable bonds is 5. The molecule has 2 N–H and O–H groups in total. The SMILES string of the molecule is COc1ccc([C@@H]2/C(=C(\O)c3ccc(Cl)cc3)C(=O)C(=O)N2c2ccc(NC(C)=O)cc2)cc1. The number of benzene rings is 3. The molecule has 2 amide bonds. The van der Waals surface area contributed by atoms with Crippen LogP contribution < -0.4 is 15.0 Å². The Balaban J connectivity index is 1.86. The first kappa shape index (κ1) is 23.1. The van der Waals surface area contributed by atoms with Gasteiger partial charge in [-0.15, -0.1) is 0 Å². The number of amides is 2. The third kappa shape index (κ3) is 4.38. The lowest BCUT2D eigenvalue weighted by atomic mass is 9.95. The van der Waals surface area contributed by atoms with Gasteiger partial charge in [-0.2, -0.15) is 0 Å². The van der Waals surface area contributed by atoms with E-state index in [2.05, 4.69) is 5.32 Å². The predicted molar refractivity (Wildman–Crippen MR) is 130 cm³/mol. The topological polar surface area (TPSA) is 95.9 Å². The number of Topliss-reactive ketones (excluding diaryl/α,β-unsaturated/α-hetero) is 1. The fourth-order valence-electron chi connectivity index (χ4n) is 3.87. The Hall–Kier alpha value is -4.10. The van der Waals surface area contributed by atoms with Gasteiger partial charge in [0, 0.05) is 28.9 Å². The first-order chi connectivity index (χ1) is 16.3. The van der Waals surface area contributed by atoms with Crippen molar-refractivity contribution in [1.82, 2.24) is 0 Å². The Morgan fingerprint density at radius 2 is 1.59 bits per heavy atom. The number of ether oxygens (including phenoxy) is 1. The summed E-state index contributed by atoms with van der Waals surface area (Å²) >= 11 is 5.96. The van der Waals surface area contributed by atoms with Crippen LogP contribution in [0, 0.1) is 0 Å². The van der Waals surface area contributed by atoms with E-state index >= 15 is 0 Å². The zero-order chi connectivity index (χ0) is 24.4. The molecule has 8 heteroatoms. The second-order valence-electron chi connectivity index (χ2n) is 7.68. The van der Waals surface area contributed by atoms with Crippen LogP contribution in [0.2, 0.25) is 5.02 Å². The zero-order valence-corrected chi connectivity index (χ0v) is 19.2. The van der Waals surface area contributed by atoms with Crippen LogP contribution in [-0.4, -0.2) is 29.8 Å². The molecule has 0 spiro atoms. The molecule has 172 valence electrons. The van der Waals surface area contributed by atoms with Crippen LogP contribution in [0.4, 0.5) is 11.4 Å². The van der Waals surface area contributed by atoms with Crippen LogP contribution >= 0.6 is 11.6 Å². The molecule has 1 heterocycles. The van der Waals surface area contributed by atoms with E-state index in [4.69, 9.17) is 16.3 Å². The molecule has 34 heavy (non-hydrogen) atoms. The summed E-state index contributed by atoms with van der Waals surface area (Å²) in [6, 6.07) is 18.9. The van der Waals surface area contributed by atoms with E-state index in [1.165, 1.54) is 18.9 Å². The minimum atomic E-state index is -0.881. The number of aliphatic hydroxyl groups is 1. The van der Waals surface area contributed by atoms with Gasteiger partial charge < -0.3 is 15.2 Å². The van der Waals surface area contributed by atoms with Crippen molar-refractivity contribution in [3.05, 3.63) is 94.5 Å². The maximum atomic E-state index is 13.2. The largest absolute Gasteiger partial charge is 0.507 e. The number of nitrogens with one attached hydrogen (secondary N) is 1. The molecule has 7 nitrogen and oxygen atoms in total. The van der Waals surface area contributed by atoms with Gasteiger partial charge in [0.1, 0.15) is 11.5 Å². The summed E-state index contributed by atoms with van der Waals surface area (Å²) in [4.78, 5) is 39.0. The van der Waals surface area contributed by atoms with Crippen molar-refractivity contribution in [3.63, 3.8) is 0 Å². The first-order valence-electron chi connectivity index (χ1n) is 10.4. The molecule has 0 radical (unpaired) electrons. The van der Waals surface area contributed by atoms with Crippen LogP contribution in [0.3, 0.4) is 0 Å². The number of ketones is 1. The van der Waals surface area contributed by atoms with Crippen molar-refractivity contribution in [1.29, 1.82) is 0 Å². The number of anilines is 2. The first-order valence-corrected chi connectivity index (χ1v) is 10.8. The summed E-state index contributed by atoms with van der Waals surface area (Å²) in [5.74, 6) is -1.50. The normalized spacial score (nSPS) is 17.0. The van der Waals surface area contributed by atoms with Gasteiger partial charge in [0.15, 0.2) is 0 Å². The third-order valence-electron chi connectivity index (χ3n) is 5.46. The monoisotopic (exact) mass is 476 g/mol. The molecule has 4 rings (SSSR count). The average Bonchev–Trinajstić information content (AvgIpc) is 3.10. The molecular weight excluding hydrogens is 456 g/mol. The number of hydrogen-bond acceptors (Lipinski definition) is 5. The van der Waals surface area contributed by atoms with Crippen molar-refractivity contribution >= 4 is 46.3 Å². The lowest BCUT2D eigenvalue weighted by Crippen LogP contribution is -2.29. The standard InChI is InChI=1S/C26H21ClN2O5/c1-15(30)28-19-9-11-20(12-10-19)29-23(16-5-13-21(34-2)14-6-16)22(25(32)26(29)33)24(31)17-3-7-18(27)8-4-17/h3-14,23,31H,1-2H3,(H,28,30)/b24-22+/t23-/m1/s1. The van der Waals surface area contributed by atoms with Crippen molar-refractivity contribution in [3.8, 4) is 5.75 Å². The van der Waals surface area contributed by atoms with Crippen molar-refractivity contribution in [2.45, 2.75) is 13.0 Å². The summed E-state index contributed by atoms with van der Waals surface area (Å²) in [6.07, 6.45) is 0. The van der Waals surface area contributed by atoms with E-state index in [-0.39, 0.29) is 17.2 Å². The number of carbonyl (C=O) groups is 3. The predicted octanol–water partition coefficient (Wildman–Crippen LogP) is 4.93. The Kier molecular flexibility index (Phi) is 6.38. The van der Waals surface area contributed by atoms with E-state index in [1.54, 1.807) is 72.8 Å². The number of methoxy groups -OCH3 is 1. The maximum absolute atomic E-state index is 13.2. The van der Waals surface area contributed by atoms with Crippen LogP contribution in [0.5, 0.6) is 5.75 Å². The molecule has 1 atom stereocenters. The molecule has 1 saturated heterocycles. The number of hydrogen-bond donors (Lipinski definition) is 2. The summed E-state index contributed by atoms with van der Waals surface area (Å²) in [6.45, 7) is 1.40. The molecular formula is C26H21ClN2O5. The van der Waals surface area contributed by atoms with Gasteiger partial charge in [0.25, 0.3) is 11.7 Å². The van der Waals surface area contributed by atoms with Crippen molar-refractivity contribution in [2.75, 3.05) is 17.3 Å². The van der Waals surface area contributed by atoms with Gasteiger partial charge in [-0.05, 0) is 66.2 Å². The fraction of sp³-hybridized carbons (Fsp3) is 0.115. The Labute approximate surface area is 201 Å². The molecule has 0 aliphatic carbocycles. The molecule has 3 aromatic rings. The molecule has 1 aliphatic heterocycles. The maximum Gasteiger partial charge on any atom is 0.300 e. The highest BCUT2D eigenvalue weighted by atomic mass is 35.5. The average molecular weight is 477 g/mol. The van der Waals surface area contributed by atoms with E-state index < -0.39 is 17.7 Å². The van der Waals surface area contributed by atoms with E-state index in [0.29, 0.717) is 33.3 Å². The number of aliphatic hydroxyl groups excluding tert-OH is 1. The highest BCUT2D eigenvalue weighted by Gasteiger charge is 2.47. The van der Waals surface area contributed by atoms with Crippen molar-refractivity contribution < 1.29 is 24.2 Å². The summed E-state index contributed by atoms with van der Waals surface area (Å²) in [5, 5.41) is 14.2. The van der Waals surface area contributed by atoms with E-state index in [1.807, 2.05) is 0 Å². The smallest absolute Gasteiger partial charge is 0.300 e. The lowest BCUT2D eigenvalue weighted by molar-refractivity contribution is -0.132. The molecule has 3 aromatic carbocycles. The number of halogens is 1. The van der Waals surface area contributed by atoms with E-state index in [0.717, 1.165) is 0 Å². The van der Waals surface area contributed by atoms with Gasteiger partial charge in [-0.25, -0.2) is 0 Å². The van der Waals surface area contributed by atoms with Gasteiger partial charge in [0.2, 0.25) is 5.91 Å². The second kappa shape index (κ2) is 9.41. The van der Waals surface area contributed by atoms with Crippen LogP contribution in [-0.2, 0) is 14.4 Å². The van der Waals surface area contributed by atoms with E-state index in [9.17, 15) is 19.5 Å². The fourth-order valence-corrected chi connectivity index (χ4v) is 4.00. The van der Waals surface area contributed by atoms with Crippen LogP contribution in [0.15, 0.2) is 78.4 Å². The summed E-state index contributed by atoms with van der Waals surface area (Å²) in [5.41, 5.74) is 1.92. The number of nitrogens with zero attached hydrogens (tertiary/aromatic N) is 1. The minimum Gasteiger partial charge on any atom is -0.507 e. The van der Waals surface area contributed by atoms with Gasteiger partial charge in [-0.1, -0.05) is 23.7 Å². The van der Waals surface area contributed by atoms with Crippen LogP contribution in [0.25, 0.3) is 5.76 Å². The lowest BCUT2D eigenvalue weighted by Gasteiger charge is -2.25. The molecule has 1 aliphatic rings. The molecule has 0 unspecified atom stereocenters. The van der Waals surface area contributed by atoms with Gasteiger partial charge in [0.05, 0.1) is 18.7 Å². The Morgan fingerprint density at radius 1 is 0.971 bits per heavy atom. The third-order valence-corrected chi connectivity index (χ3v) is 5.71. The highest BCUT2D eigenvalue weighted by molar-refractivity contribution is 6.51. The summed E-state index contributed by atoms with van der Waals surface area (Å²) < 4.78 is 5.23. The summed E-state index contributed by atoms with van der Waals surface area (Å²) in [7, 11) is 1.54. The molecule has 1 fully saturated rings. The van der Waals surface area contributed by atoms with Crippen LogP contribution in [0.1, 0.15) is 24.1 Å². The highest BCUT2D eigenvalue weighted by Crippen LogP contribution is 2.42.